The smallest absolute Gasteiger partial charge is 0.239 e. The van der Waals surface area contributed by atoms with Gasteiger partial charge in [-0.05, 0) is 107 Å². The average Bonchev–Trinajstić information content (AvgIpc) is 3.73. The van der Waals surface area contributed by atoms with Crippen LogP contribution in [0, 0.1) is 23.7 Å². The number of aliphatic hydroxyl groups is 2. The normalized spacial score (nSPS) is 26.2. The molecule has 0 saturated heterocycles. The minimum atomic E-state index is -1.29. The standard InChI is InChI=1S/C47H64N2O8/c1-6-26-54-47-42(49(5)43(53)23-20-32-14-7-8-15-32)30-40(48-57-46(2,3)4)38-28-34(17-9-11-24-50)37(19-10-12-25-51)44(45(38)47)39-29-36(21-22-41(39)56-47)55-35-18-13-16-33(27-35)31-52/h6,13,16,18,21-22,27-29,31-32,34,37,42,44-45,50-51H,1,7-12,14-15,17,19-20,23-26,30H2,2-5H3. The van der Waals surface area contributed by atoms with E-state index in [2.05, 4.69) is 18.7 Å². The van der Waals surface area contributed by atoms with Crippen molar-refractivity contribution in [2.45, 2.75) is 128 Å². The summed E-state index contributed by atoms with van der Waals surface area (Å²) in [4.78, 5) is 34.0. The summed E-state index contributed by atoms with van der Waals surface area (Å²) in [5.74, 6) is 0.831. The van der Waals surface area contributed by atoms with Crippen LogP contribution in [-0.2, 0) is 14.4 Å². The molecular formula is C47H64N2O8. The van der Waals surface area contributed by atoms with Crippen LogP contribution in [0.25, 0.3) is 0 Å². The number of aldehydes is 1. The number of hydrogen-bond acceptors (Lipinski definition) is 9. The maximum atomic E-state index is 14.3. The third-order valence-electron chi connectivity index (χ3n) is 12.4. The van der Waals surface area contributed by atoms with Crippen LogP contribution in [0.3, 0.4) is 0 Å². The molecule has 6 unspecified atom stereocenters. The fraction of sp³-hybridized carbons (Fsp3) is 0.596. The first-order chi connectivity index (χ1) is 27.5. The van der Waals surface area contributed by atoms with Crippen LogP contribution in [0.4, 0.5) is 0 Å². The van der Waals surface area contributed by atoms with Gasteiger partial charge in [-0.1, -0.05) is 68.0 Å². The lowest BCUT2D eigenvalue weighted by Crippen LogP contribution is -2.69. The van der Waals surface area contributed by atoms with Gasteiger partial charge in [0, 0.05) is 50.1 Å². The minimum absolute atomic E-state index is 0.0569. The van der Waals surface area contributed by atoms with Crippen molar-refractivity contribution in [3.8, 4) is 17.2 Å². The largest absolute Gasteiger partial charge is 0.459 e. The third-order valence-corrected chi connectivity index (χ3v) is 12.4. The molecule has 10 nitrogen and oxygen atoms in total. The van der Waals surface area contributed by atoms with Crippen LogP contribution < -0.4 is 9.47 Å². The number of oxime groups is 1. The Kier molecular flexibility index (Phi) is 14.3. The summed E-state index contributed by atoms with van der Waals surface area (Å²) in [6, 6.07) is 12.4. The molecule has 1 amide bonds. The molecule has 310 valence electrons. The monoisotopic (exact) mass is 784 g/mol. The highest BCUT2D eigenvalue weighted by molar-refractivity contribution is 6.03. The molecule has 2 fully saturated rings. The molecule has 2 aromatic carbocycles. The first-order valence-electron chi connectivity index (χ1n) is 21.3. The van der Waals surface area contributed by atoms with Gasteiger partial charge in [0.25, 0.3) is 0 Å². The molecule has 1 heterocycles. The molecule has 57 heavy (non-hydrogen) atoms. The average molecular weight is 785 g/mol. The number of allylic oxidation sites excluding steroid dienone is 1. The summed E-state index contributed by atoms with van der Waals surface area (Å²) >= 11 is 0. The fourth-order valence-corrected chi connectivity index (χ4v) is 9.75. The number of unbranched alkanes of at least 4 members (excludes halogenated alkanes) is 2. The zero-order valence-corrected chi connectivity index (χ0v) is 34.5. The number of carbonyl (C=O) groups is 2. The van der Waals surface area contributed by atoms with E-state index in [0.717, 1.165) is 55.2 Å². The van der Waals surface area contributed by atoms with E-state index >= 15 is 0 Å². The fourth-order valence-electron chi connectivity index (χ4n) is 9.75. The molecule has 10 heteroatoms. The Morgan fingerprint density at radius 2 is 1.75 bits per heavy atom. The first kappa shape index (κ1) is 42.6. The zero-order chi connectivity index (χ0) is 40.6. The van der Waals surface area contributed by atoms with E-state index in [1.54, 1.807) is 24.3 Å². The van der Waals surface area contributed by atoms with Gasteiger partial charge in [-0.3, -0.25) is 9.59 Å². The van der Waals surface area contributed by atoms with Gasteiger partial charge in [-0.25, -0.2) is 0 Å². The predicted octanol–water partition coefficient (Wildman–Crippen LogP) is 9.15. The van der Waals surface area contributed by atoms with Gasteiger partial charge in [-0.2, -0.15) is 0 Å². The molecule has 0 radical (unpaired) electrons. The lowest BCUT2D eigenvalue weighted by Gasteiger charge is -2.59. The molecule has 6 rings (SSSR count). The van der Waals surface area contributed by atoms with Crippen LogP contribution in [0.5, 0.6) is 17.2 Å². The number of carbonyl (C=O) groups excluding carboxylic acids is 2. The molecule has 4 aliphatic rings. The number of fused-ring (bicyclic) bond motifs is 2. The quantitative estimate of drug-likeness (QED) is 0.0625. The Hall–Kier alpha value is -3.99. The summed E-state index contributed by atoms with van der Waals surface area (Å²) in [5, 5.41) is 24.7. The van der Waals surface area contributed by atoms with Crippen molar-refractivity contribution in [2.75, 3.05) is 26.9 Å². The van der Waals surface area contributed by atoms with E-state index in [4.69, 9.17) is 24.2 Å². The van der Waals surface area contributed by atoms with E-state index in [0.29, 0.717) is 54.4 Å². The number of benzene rings is 2. The van der Waals surface area contributed by atoms with Gasteiger partial charge >= 0.3 is 0 Å². The molecule has 0 aromatic heterocycles. The number of hydrogen-bond donors (Lipinski definition) is 2. The summed E-state index contributed by atoms with van der Waals surface area (Å²) < 4.78 is 20.7. The van der Waals surface area contributed by atoms with E-state index in [-0.39, 0.29) is 43.5 Å². The lowest BCUT2D eigenvalue weighted by molar-refractivity contribution is -0.255. The van der Waals surface area contributed by atoms with Crippen LogP contribution in [0.1, 0.15) is 126 Å². The molecule has 6 atom stereocenters. The van der Waals surface area contributed by atoms with Crippen molar-refractivity contribution < 1.29 is 38.9 Å². The van der Waals surface area contributed by atoms with Crippen molar-refractivity contribution in [1.29, 1.82) is 0 Å². The first-order valence-corrected chi connectivity index (χ1v) is 21.3. The number of likely N-dealkylation sites (N-methyl/N-ethyl adjacent to an activating group) is 1. The molecule has 2 aromatic rings. The summed E-state index contributed by atoms with van der Waals surface area (Å²) in [7, 11) is 1.88. The summed E-state index contributed by atoms with van der Waals surface area (Å²) in [6.07, 6.45) is 16.2. The summed E-state index contributed by atoms with van der Waals surface area (Å²) in [6.45, 7) is 10.4. The highest BCUT2D eigenvalue weighted by Crippen LogP contribution is 2.62. The van der Waals surface area contributed by atoms with Gasteiger partial charge in [-0.15, -0.1) is 6.58 Å². The van der Waals surface area contributed by atoms with Gasteiger partial charge in [0.2, 0.25) is 11.7 Å². The number of rotatable bonds is 19. The maximum Gasteiger partial charge on any atom is 0.239 e. The number of nitrogens with zero attached hydrogens (tertiary/aromatic N) is 2. The highest BCUT2D eigenvalue weighted by atomic mass is 16.7. The van der Waals surface area contributed by atoms with Crippen molar-refractivity contribution in [3.63, 3.8) is 0 Å². The van der Waals surface area contributed by atoms with E-state index in [9.17, 15) is 19.8 Å². The topological polar surface area (TPSA) is 127 Å². The Bertz CT molecular complexity index is 1760. The maximum absolute atomic E-state index is 14.3. The van der Waals surface area contributed by atoms with Crippen LogP contribution >= 0.6 is 0 Å². The van der Waals surface area contributed by atoms with Crippen LogP contribution in [0.2, 0.25) is 0 Å². The zero-order valence-electron chi connectivity index (χ0n) is 34.5. The predicted molar refractivity (Wildman–Crippen MR) is 222 cm³/mol. The van der Waals surface area contributed by atoms with Crippen molar-refractivity contribution >= 4 is 17.9 Å². The molecular weight excluding hydrogens is 721 g/mol. The number of ether oxygens (including phenoxy) is 3. The molecule has 3 aliphatic carbocycles. The minimum Gasteiger partial charge on any atom is -0.459 e. The van der Waals surface area contributed by atoms with Gasteiger partial charge in [0.15, 0.2) is 0 Å². The SMILES string of the molecule is C=CCOC12Oc3ccc(Oc4cccc(C=O)c4)cc3C3C(CCCCO)C(CCCCO)C=C(C(=NOC(C)(C)C)CC1N(C)C(=O)CCC1CCCC1)C32. The Morgan fingerprint density at radius 3 is 2.46 bits per heavy atom. The van der Waals surface area contributed by atoms with Crippen molar-refractivity contribution in [3.05, 3.63) is 77.9 Å². The Balaban J connectivity index is 1.53. The Morgan fingerprint density at radius 1 is 1.02 bits per heavy atom. The van der Waals surface area contributed by atoms with E-state index < -0.39 is 23.3 Å². The van der Waals surface area contributed by atoms with E-state index in [1.165, 1.54) is 25.7 Å². The van der Waals surface area contributed by atoms with Crippen LogP contribution in [-0.4, -0.2) is 77.3 Å². The molecule has 1 aliphatic heterocycles. The van der Waals surface area contributed by atoms with E-state index in [1.807, 2.05) is 50.9 Å². The molecule has 2 saturated carbocycles. The Labute approximate surface area is 339 Å². The van der Waals surface area contributed by atoms with Gasteiger partial charge in [0.1, 0.15) is 35.2 Å². The third kappa shape index (κ3) is 9.83. The number of amides is 1. The van der Waals surface area contributed by atoms with Crippen molar-refractivity contribution in [1.82, 2.24) is 4.90 Å². The lowest BCUT2D eigenvalue weighted by atomic mass is 9.55. The second-order valence-corrected chi connectivity index (χ2v) is 17.5. The second-order valence-electron chi connectivity index (χ2n) is 17.5. The van der Waals surface area contributed by atoms with Gasteiger partial charge < -0.3 is 34.2 Å². The molecule has 2 N–H and O–H groups in total. The van der Waals surface area contributed by atoms with Crippen LogP contribution in [0.15, 0.2) is 71.9 Å². The van der Waals surface area contributed by atoms with Crippen molar-refractivity contribution in [2.24, 2.45) is 28.8 Å². The summed E-state index contributed by atoms with van der Waals surface area (Å²) in [5.41, 5.74) is 2.73. The highest BCUT2D eigenvalue weighted by Gasteiger charge is 2.65. The molecule has 0 bridgehead atoms. The number of aliphatic hydroxyl groups excluding tert-OH is 2. The van der Waals surface area contributed by atoms with Gasteiger partial charge in [0.05, 0.1) is 18.2 Å². The second kappa shape index (κ2) is 19.2. The molecule has 0 spiro atoms.